The quantitative estimate of drug-likeness (QED) is 0.729. The van der Waals surface area contributed by atoms with Crippen molar-refractivity contribution in [3.63, 3.8) is 0 Å². The third-order valence-corrected chi connectivity index (χ3v) is 1.93. The molecule has 0 aromatic rings. The summed E-state index contributed by atoms with van der Waals surface area (Å²) in [7, 11) is 0. The summed E-state index contributed by atoms with van der Waals surface area (Å²) >= 11 is 0. The Morgan fingerprint density at radius 3 is 2.06 bits per heavy atom. The van der Waals surface area contributed by atoms with Crippen LogP contribution in [0.25, 0.3) is 0 Å². The summed E-state index contributed by atoms with van der Waals surface area (Å²) in [6, 6.07) is 0.0295. The fraction of sp³-hybridized carbons (Fsp3) is 0.818. The van der Waals surface area contributed by atoms with Crippen molar-refractivity contribution in [1.82, 2.24) is 10.2 Å². The number of nitrogens with zero attached hydrogens (tertiary/aromatic N) is 1. The molecule has 0 aliphatic heterocycles. The Labute approximate surface area is 96.8 Å². The minimum Gasteiger partial charge on any atom is -0.480 e. The molecule has 0 fully saturated rings. The first-order valence-corrected chi connectivity index (χ1v) is 5.38. The fourth-order valence-electron chi connectivity index (χ4n) is 1.24. The minimum atomic E-state index is -0.919. The summed E-state index contributed by atoms with van der Waals surface area (Å²) in [6.07, 6.45) is 0. The van der Waals surface area contributed by atoms with Crippen molar-refractivity contribution in [2.45, 2.75) is 46.2 Å². The van der Waals surface area contributed by atoms with E-state index in [9.17, 15) is 9.59 Å². The smallest absolute Gasteiger partial charge is 0.317 e. The molecule has 0 saturated heterocycles. The number of rotatable bonds is 5. The second kappa shape index (κ2) is 5.84. The van der Waals surface area contributed by atoms with E-state index in [0.29, 0.717) is 0 Å². The summed E-state index contributed by atoms with van der Waals surface area (Å²) < 4.78 is 0. The van der Waals surface area contributed by atoms with Crippen molar-refractivity contribution in [2.24, 2.45) is 0 Å². The van der Waals surface area contributed by atoms with Gasteiger partial charge in [0.05, 0.1) is 13.1 Å². The number of hydrogen-bond donors (Lipinski definition) is 2. The van der Waals surface area contributed by atoms with Crippen LogP contribution in [0.5, 0.6) is 0 Å². The summed E-state index contributed by atoms with van der Waals surface area (Å²) in [5.74, 6) is -1.07. The highest BCUT2D eigenvalue weighted by Gasteiger charge is 2.19. The number of hydrogen-bond acceptors (Lipinski definition) is 3. The van der Waals surface area contributed by atoms with Gasteiger partial charge in [0.25, 0.3) is 0 Å². The predicted octanol–water partition coefficient (Wildman–Crippen LogP) is 0.696. The predicted molar refractivity (Wildman–Crippen MR) is 62.2 cm³/mol. The molecule has 2 N–H and O–H groups in total. The minimum absolute atomic E-state index is 0.0295. The summed E-state index contributed by atoms with van der Waals surface area (Å²) in [6.45, 7) is 9.41. The van der Waals surface area contributed by atoms with Crippen LogP contribution < -0.4 is 5.32 Å². The molecule has 0 spiro atoms. The van der Waals surface area contributed by atoms with E-state index < -0.39 is 5.97 Å². The van der Waals surface area contributed by atoms with Crippen LogP contribution in [0.1, 0.15) is 34.6 Å². The molecule has 0 aromatic carbocycles. The summed E-state index contributed by atoms with van der Waals surface area (Å²) in [4.78, 5) is 23.8. The van der Waals surface area contributed by atoms with Crippen molar-refractivity contribution < 1.29 is 14.7 Å². The molecule has 0 aliphatic carbocycles. The highest BCUT2D eigenvalue weighted by molar-refractivity contribution is 5.79. The molecular formula is C11H22N2O3. The van der Waals surface area contributed by atoms with E-state index in [1.165, 1.54) is 0 Å². The van der Waals surface area contributed by atoms with Crippen molar-refractivity contribution in [3.8, 4) is 0 Å². The number of amides is 1. The van der Waals surface area contributed by atoms with Crippen molar-refractivity contribution in [1.29, 1.82) is 0 Å². The van der Waals surface area contributed by atoms with Crippen molar-refractivity contribution in [2.75, 3.05) is 13.1 Å². The zero-order chi connectivity index (χ0) is 12.9. The highest BCUT2D eigenvalue weighted by Crippen LogP contribution is 2.01. The maximum Gasteiger partial charge on any atom is 0.317 e. The number of carbonyl (C=O) groups excluding carboxylic acids is 1. The lowest BCUT2D eigenvalue weighted by molar-refractivity contribution is -0.139. The molecule has 5 heteroatoms. The number of aliphatic carboxylic acids is 1. The molecular weight excluding hydrogens is 208 g/mol. The Morgan fingerprint density at radius 2 is 1.75 bits per heavy atom. The van der Waals surface area contributed by atoms with Gasteiger partial charge in [-0.05, 0) is 34.6 Å². The van der Waals surface area contributed by atoms with Gasteiger partial charge in [0.15, 0.2) is 0 Å². The normalized spacial score (nSPS) is 11.9. The van der Waals surface area contributed by atoms with E-state index >= 15 is 0 Å². The Bertz CT molecular complexity index is 256. The van der Waals surface area contributed by atoms with Gasteiger partial charge in [0.2, 0.25) is 5.91 Å². The Kier molecular flexibility index (Phi) is 5.44. The van der Waals surface area contributed by atoms with E-state index in [4.69, 9.17) is 5.11 Å². The number of carboxylic acids is 1. The van der Waals surface area contributed by atoms with Gasteiger partial charge in [-0.2, -0.15) is 0 Å². The maximum absolute atomic E-state index is 11.6. The van der Waals surface area contributed by atoms with Gasteiger partial charge < -0.3 is 10.4 Å². The Balaban J connectivity index is 4.30. The molecule has 0 aliphatic rings. The summed E-state index contributed by atoms with van der Waals surface area (Å²) in [5.41, 5.74) is -0.289. The van der Waals surface area contributed by atoms with Crippen molar-refractivity contribution >= 4 is 11.9 Å². The number of carbonyl (C=O) groups is 2. The van der Waals surface area contributed by atoms with E-state index in [1.807, 2.05) is 34.6 Å². The number of nitrogens with one attached hydrogen (secondary N) is 1. The average molecular weight is 230 g/mol. The number of carboxylic acid groups (broad SMARTS) is 1. The molecule has 0 rings (SSSR count). The third kappa shape index (κ3) is 7.23. The van der Waals surface area contributed by atoms with Crippen LogP contribution in [0.4, 0.5) is 0 Å². The fourth-order valence-corrected chi connectivity index (χ4v) is 1.24. The van der Waals surface area contributed by atoms with Gasteiger partial charge in [0, 0.05) is 11.6 Å². The molecule has 1 amide bonds. The zero-order valence-corrected chi connectivity index (χ0v) is 10.7. The van der Waals surface area contributed by atoms with Gasteiger partial charge >= 0.3 is 5.97 Å². The lowest BCUT2D eigenvalue weighted by Crippen LogP contribution is -2.48. The Hall–Kier alpha value is -1.10. The molecule has 0 aromatic heterocycles. The van der Waals surface area contributed by atoms with Gasteiger partial charge in [-0.15, -0.1) is 0 Å². The van der Waals surface area contributed by atoms with Crippen molar-refractivity contribution in [3.05, 3.63) is 0 Å². The zero-order valence-electron chi connectivity index (χ0n) is 10.7. The van der Waals surface area contributed by atoms with Crippen LogP contribution in [0.3, 0.4) is 0 Å². The van der Waals surface area contributed by atoms with E-state index in [-0.39, 0.29) is 30.6 Å². The molecule has 5 nitrogen and oxygen atoms in total. The standard InChI is InChI=1S/C11H22N2O3/c1-8(2)13(7-10(15)16)6-9(14)12-11(3,4)5/h8H,6-7H2,1-5H3,(H,12,14)(H,15,16). The SMILES string of the molecule is CC(C)N(CC(=O)O)CC(=O)NC(C)(C)C. The Morgan fingerprint density at radius 1 is 1.25 bits per heavy atom. The molecule has 0 unspecified atom stereocenters. The lowest BCUT2D eigenvalue weighted by Gasteiger charge is -2.27. The van der Waals surface area contributed by atoms with Crippen LogP contribution in [0.15, 0.2) is 0 Å². The lowest BCUT2D eigenvalue weighted by atomic mass is 10.1. The van der Waals surface area contributed by atoms with Gasteiger partial charge in [-0.25, -0.2) is 0 Å². The molecule has 0 saturated carbocycles. The van der Waals surface area contributed by atoms with E-state index in [2.05, 4.69) is 5.32 Å². The second-order valence-corrected chi connectivity index (χ2v) is 5.19. The summed E-state index contributed by atoms with van der Waals surface area (Å²) in [5, 5.41) is 11.5. The van der Waals surface area contributed by atoms with Crippen LogP contribution >= 0.6 is 0 Å². The molecule has 94 valence electrons. The molecule has 0 radical (unpaired) electrons. The molecule has 16 heavy (non-hydrogen) atoms. The second-order valence-electron chi connectivity index (χ2n) is 5.19. The van der Waals surface area contributed by atoms with Crippen LogP contribution in [-0.4, -0.2) is 46.6 Å². The maximum atomic E-state index is 11.6. The van der Waals surface area contributed by atoms with Crippen LogP contribution in [0.2, 0.25) is 0 Å². The van der Waals surface area contributed by atoms with E-state index in [0.717, 1.165) is 0 Å². The first-order chi connectivity index (χ1) is 7.11. The highest BCUT2D eigenvalue weighted by atomic mass is 16.4. The molecule has 0 bridgehead atoms. The van der Waals surface area contributed by atoms with Crippen LogP contribution in [-0.2, 0) is 9.59 Å². The first-order valence-electron chi connectivity index (χ1n) is 5.38. The topological polar surface area (TPSA) is 69.6 Å². The monoisotopic (exact) mass is 230 g/mol. The first kappa shape index (κ1) is 14.9. The third-order valence-electron chi connectivity index (χ3n) is 1.93. The van der Waals surface area contributed by atoms with Gasteiger partial charge in [0.1, 0.15) is 0 Å². The molecule has 0 atom stereocenters. The van der Waals surface area contributed by atoms with Crippen LogP contribution in [0, 0.1) is 0 Å². The van der Waals surface area contributed by atoms with Gasteiger partial charge in [-0.3, -0.25) is 14.5 Å². The molecule has 0 heterocycles. The van der Waals surface area contributed by atoms with E-state index in [1.54, 1.807) is 4.90 Å². The largest absolute Gasteiger partial charge is 0.480 e. The van der Waals surface area contributed by atoms with Gasteiger partial charge in [-0.1, -0.05) is 0 Å². The average Bonchev–Trinajstić information content (AvgIpc) is 1.97.